The van der Waals surface area contributed by atoms with Gasteiger partial charge < -0.3 is 20.7 Å². The fourth-order valence-corrected chi connectivity index (χ4v) is 4.29. The van der Waals surface area contributed by atoms with Gasteiger partial charge in [0.05, 0.1) is 17.1 Å². The summed E-state index contributed by atoms with van der Waals surface area (Å²) in [7, 11) is 0. The summed E-state index contributed by atoms with van der Waals surface area (Å²) in [6.45, 7) is 0.578. The third-order valence-electron chi connectivity index (χ3n) is 5.99. The van der Waals surface area contributed by atoms with Gasteiger partial charge in [0.25, 0.3) is 5.91 Å². The van der Waals surface area contributed by atoms with Crippen molar-refractivity contribution in [1.29, 1.82) is 0 Å². The Kier molecular flexibility index (Phi) is 8.63. The van der Waals surface area contributed by atoms with Gasteiger partial charge in [0, 0.05) is 17.4 Å². The molecule has 1 aliphatic carbocycles. The van der Waals surface area contributed by atoms with Crippen molar-refractivity contribution in [3.05, 3.63) is 88.9 Å². The standard InChI is InChI=1S/C28H30ClN3O3/c29-26-16-13-23(17-25(26)28(34)32-22-9-5-2-6-10-22)31-27(33)18-30-21-11-14-24(15-12-21)35-19-20-7-3-1-4-8-20/h1,3-4,7-8,11-17,22,30H,2,5-6,9-10,18-19H2,(H,31,33)(H,32,34). The van der Waals surface area contributed by atoms with E-state index in [1.165, 1.54) is 6.42 Å². The van der Waals surface area contributed by atoms with Crippen LogP contribution in [0.3, 0.4) is 0 Å². The molecule has 0 spiro atoms. The molecule has 0 unspecified atom stereocenters. The molecule has 4 rings (SSSR count). The van der Waals surface area contributed by atoms with Crippen molar-refractivity contribution in [2.45, 2.75) is 44.8 Å². The summed E-state index contributed by atoms with van der Waals surface area (Å²) < 4.78 is 5.79. The highest BCUT2D eigenvalue weighted by Gasteiger charge is 2.19. The predicted octanol–water partition coefficient (Wildman–Crippen LogP) is 6.03. The van der Waals surface area contributed by atoms with Gasteiger partial charge in [-0.3, -0.25) is 9.59 Å². The van der Waals surface area contributed by atoms with E-state index in [0.29, 0.717) is 22.9 Å². The lowest BCUT2D eigenvalue weighted by atomic mass is 9.95. The molecule has 0 saturated heterocycles. The smallest absolute Gasteiger partial charge is 0.253 e. The first-order chi connectivity index (χ1) is 17.1. The summed E-state index contributed by atoms with van der Waals surface area (Å²) in [4.78, 5) is 25.2. The van der Waals surface area contributed by atoms with E-state index in [-0.39, 0.29) is 24.4 Å². The predicted molar refractivity (Wildman–Crippen MR) is 140 cm³/mol. The zero-order chi connectivity index (χ0) is 24.5. The summed E-state index contributed by atoms with van der Waals surface area (Å²) in [5.41, 5.74) is 2.80. The van der Waals surface area contributed by atoms with Crippen LogP contribution in [0.15, 0.2) is 72.8 Å². The zero-order valence-electron chi connectivity index (χ0n) is 19.6. The van der Waals surface area contributed by atoms with Gasteiger partial charge in [-0.15, -0.1) is 0 Å². The highest BCUT2D eigenvalue weighted by molar-refractivity contribution is 6.34. The molecule has 3 aromatic carbocycles. The highest BCUT2D eigenvalue weighted by atomic mass is 35.5. The lowest BCUT2D eigenvalue weighted by Gasteiger charge is -2.23. The molecular weight excluding hydrogens is 462 g/mol. The molecular formula is C28H30ClN3O3. The van der Waals surface area contributed by atoms with Crippen molar-refractivity contribution in [3.63, 3.8) is 0 Å². The van der Waals surface area contributed by atoms with Gasteiger partial charge in [-0.25, -0.2) is 0 Å². The molecule has 1 fully saturated rings. The van der Waals surface area contributed by atoms with Gasteiger partial charge in [-0.2, -0.15) is 0 Å². The fraction of sp³-hybridized carbons (Fsp3) is 0.286. The van der Waals surface area contributed by atoms with Crippen LogP contribution in [0.2, 0.25) is 5.02 Å². The first kappa shape index (κ1) is 24.6. The maximum Gasteiger partial charge on any atom is 0.253 e. The van der Waals surface area contributed by atoms with E-state index >= 15 is 0 Å². The molecule has 7 heteroatoms. The van der Waals surface area contributed by atoms with Crippen molar-refractivity contribution in [2.24, 2.45) is 0 Å². The van der Waals surface area contributed by atoms with E-state index in [1.807, 2.05) is 54.6 Å². The van der Waals surface area contributed by atoms with E-state index < -0.39 is 0 Å². The number of hydrogen-bond donors (Lipinski definition) is 3. The van der Waals surface area contributed by atoms with Gasteiger partial charge in [0.1, 0.15) is 12.4 Å². The average Bonchev–Trinajstić information content (AvgIpc) is 2.89. The Morgan fingerprint density at radius 2 is 1.60 bits per heavy atom. The van der Waals surface area contributed by atoms with Crippen LogP contribution in [-0.4, -0.2) is 24.4 Å². The Hall–Kier alpha value is -3.51. The summed E-state index contributed by atoms with van der Waals surface area (Å²) in [5.74, 6) is 0.324. The summed E-state index contributed by atoms with van der Waals surface area (Å²) in [5, 5.41) is 9.35. The molecule has 0 atom stereocenters. The lowest BCUT2D eigenvalue weighted by molar-refractivity contribution is -0.114. The Morgan fingerprint density at radius 1 is 0.886 bits per heavy atom. The Morgan fingerprint density at radius 3 is 2.34 bits per heavy atom. The van der Waals surface area contributed by atoms with Crippen LogP contribution < -0.4 is 20.7 Å². The van der Waals surface area contributed by atoms with Crippen LogP contribution >= 0.6 is 11.6 Å². The van der Waals surface area contributed by atoms with Crippen LogP contribution in [0.5, 0.6) is 5.75 Å². The zero-order valence-corrected chi connectivity index (χ0v) is 20.3. The molecule has 3 aromatic rings. The van der Waals surface area contributed by atoms with E-state index in [4.69, 9.17) is 16.3 Å². The van der Waals surface area contributed by atoms with Gasteiger partial charge in [-0.1, -0.05) is 61.2 Å². The number of halogens is 1. The summed E-state index contributed by atoms with van der Waals surface area (Å²) >= 11 is 6.26. The van der Waals surface area contributed by atoms with Gasteiger partial charge in [-0.05, 0) is 60.9 Å². The van der Waals surface area contributed by atoms with Gasteiger partial charge in [0.2, 0.25) is 5.91 Å². The molecule has 35 heavy (non-hydrogen) atoms. The Balaban J connectivity index is 1.26. The quantitative estimate of drug-likeness (QED) is 0.341. The molecule has 3 N–H and O–H groups in total. The first-order valence-electron chi connectivity index (χ1n) is 12.0. The highest BCUT2D eigenvalue weighted by Crippen LogP contribution is 2.23. The molecule has 2 amide bonds. The van der Waals surface area contributed by atoms with Crippen LogP contribution in [0.25, 0.3) is 0 Å². The van der Waals surface area contributed by atoms with Crippen LogP contribution in [0, 0.1) is 0 Å². The number of hydrogen-bond acceptors (Lipinski definition) is 4. The van der Waals surface area contributed by atoms with Crippen molar-refractivity contribution in [1.82, 2.24) is 5.32 Å². The second-order valence-electron chi connectivity index (χ2n) is 8.70. The molecule has 0 aliphatic heterocycles. The molecule has 0 heterocycles. The van der Waals surface area contributed by atoms with Gasteiger partial charge in [0.15, 0.2) is 0 Å². The molecule has 1 aliphatic rings. The van der Waals surface area contributed by atoms with E-state index in [2.05, 4.69) is 16.0 Å². The Labute approximate surface area is 211 Å². The number of rotatable bonds is 9. The number of carbonyl (C=O) groups excluding carboxylic acids is 2. The molecule has 1 saturated carbocycles. The third-order valence-corrected chi connectivity index (χ3v) is 6.32. The fourth-order valence-electron chi connectivity index (χ4n) is 4.08. The van der Waals surface area contributed by atoms with Crippen molar-refractivity contribution < 1.29 is 14.3 Å². The molecule has 182 valence electrons. The van der Waals surface area contributed by atoms with Gasteiger partial charge >= 0.3 is 0 Å². The number of amides is 2. The minimum atomic E-state index is -0.227. The number of carbonyl (C=O) groups is 2. The normalized spacial score (nSPS) is 13.6. The van der Waals surface area contributed by atoms with Crippen LogP contribution in [-0.2, 0) is 11.4 Å². The van der Waals surface area contributed by atoms with E-state index in [1.54, 1.807) is 18.2 Å². The monoisotopic (exact) mass is 491 g/mol. The number of ether oxygens (including phenoxy) is 1. The minimum Gasteiger partial charge on any atom is -0.489 e. The van der Waals surface area contributed by atoms with Crippen molar-refractivity contribution in [3.8, 4) is 5.75 Å². The Bertz CT molecular complexity index is 1130. The van der Waals surface area contributed by atoms with Crippen molar-refractivity contribution in [2.75, 3.05) is 17.2 Å². The number of nitrogens with one attached hydrogen (secondary N) is 3. The summed E-state index contributed by atoms with van der Waals surface area (Å²) in [6.07, 6.45) is 5.46. The second-order valence-corrected chi connectivity index (χ2v) is 9.11. The van der Waals surface area contributed by atoms with E-state index in [9.17, 15) is 9.59 Å². The van der Waals surface area contributed by atoms with E-state index in [0.717, 1.165) is 42.7 Å². The first-order valence-corrected chi connectivity index (χ1v) is 12.4. The molecule has 0 aromatic heterocycles. The number of anilines is 2. The average molecular weight is 492 g/mol. The summed E-state index contributed by atoms with van der Waals surface area (Å²) in [6, 6.07) is 22.5. The van der Waals surface area contributed by atoms with Crippen molar-refractivity contribution >= 4 is 34.8 Å². The third kappa shape index (κ3) is 7.49. The van der Waals surface area contributed by atoms with Crippen LogP contribution in [0.4, 0.5) is 11.4 Å². The largest absolute Gasteiger partial charge is 0.489 e. The SMILES string of the molecule is O=C(CNc1ccc(OCc2ccccc2)cc1)Nc1ccc(Cl)c(C(=O)NC2CCCCC2)c1. The maximum atomic E-state index is 12.7. The molecule has 6 nitrogen and oxygen atoms in total. The number of benzene rings is 3. The second kappa shape index (κ2) is 12.3. The molecule has 0 bridgehead atoms. The molecule has 0 radical (unpaired) electrons. The minimum absolute atomic E-state index is 0.0798. The topological polar surface area (TPSA) is 79.5 Å². The maximum absolute atomic E-state index is 12.7. The van der Waals surface area contributed by atoms with Crippen LogP contribution in [0.1, 0.15) is 48.0 Å². The lowest BCUT2D eigenvalue weighted by Crippen LogP contribution is -2.36.